The van der Waals surface area contributed by atoms with E-state index in [1.165, 1.54) is 0 Å². The highest BCUT2D eigenvalue weighted by atomic mass is 16.7. The fourth-order valence-corrected chi connectivity index (χ4v) is 2.52. The van der Waals surface area contributed by atoms with Crippen LogP contribution in [0.25, 0.3) is 0 Å². The van der Waals surface area contributed by atoms with Crippen molar-refractivity contribution in [3.8, 4) is 0 Å². The Morgan fingerprint density at radius 3 is 3.12 bits per heavy atom. The summed E-state index contributed by atoms with van der Waals surface area (Å²) in [6.07, 6.45) is 6.90. The number of hydrogen-bond donors (Lipinski definition) is 0. The number of carbonyl (C=O) groups is 1. The van der Waals surface area contributed by atoms with Gasteiger partial charge in [0.25, 0.3) is 0 Å². The Morgan fingerprint density at radius 1 is 1.31 bits per heavy atom. The van der Waals surface area contributed by atoms with Crippen molar-refractivity contribution < 1.29 is 19.0 Å². The Bertz CT molecular complexity index is 325. The molecule has 0 radical (unpaired) electrons. The van der Waals surface area contributed by atoms with Crippen molar-refractivity contribution >= 4 is 5.78 Å². The summed E-state index contributed by atoms with van der Waals surface area (Å²) in [5, 5.41) is 0. The largest absolute Gasteiger partial charge is 0.371 e. The molecule has 3 aliphatic heterocycles. The molecule has 0 saturated carbocycles. The molecule has 0 aromatic rings. The normalized spacial score (nSPS) is 43.4. The van der Waals surface area contributed by atoms with Gasteiger partial charge in [0.05, 0.1) is 12.7 Å². The van der Waals surface area contributed by atoms with Gasteiger partial charge >= 0.3 is 0 Å². The van der Waals surface area contributed by atoms with Gasteiger partial charge in [-0.25, -0.2) is 0 Å². The fourth-order valence-electron chi connectivity index (χ4n) is 2.52. The van der Waals surface area contributed by atoms with Crippen LogP contribution in [-0.2, 0) is 19.0 Å². The molecule has 4 nitrogen and oxygen atoms in total. The molecule has 0 unspecified atom stereocenters. The summed E-state index contributed by atoms with van der Waals surface area (Å²) in [6.45, 7) is 1.37. The molecule has 2 fully saturated rings. The maximum atomic E-state index is 11.9. The minimum Gasteiger partial charge on any atom is -0.371 e. The molecule has 4 heteroatoms. The first-order valence-corrected chi connectivity index (χ1v) is 5.96. The lowest BCUT2D eigenvalue weighted by molar-refractivity contribution is -0.256. The lowest BCUT2D eigenvalue weighted by Crippen LogP contribution is -2.54. The summed E-state index contributed by atoms with van der Waals surface area (Å²) in [7, 11) is 0. The van der Waals surface area contributed by atoms with Crippen LogP contribution in [0, 0.1) is 0 Å². The number of hydrogen-bond acceptors (Lipinski definition) is 4. The maximum absolute atomic E-state index is 11.9. The number of fused-ring (bicyclic) bond motifs is 1. The average Bonchev–Trinajstić information content (AvgIpc) is 2.33. The van der Waals surface area contributed by atoms with E-state index in [1.54, 1.807) is 6.08 Å². The third-order valence-electron chi connectivity index (χ3n) is 3.39. The van der Waals surface area contributed by atoms with Gasteiger partial charge < -0.3 is 14.2 Å². The van der Waals surface area contributed by atoms with E-state index in [1.807, 2.05) is 6.08 Å². The van der Waals surface area contributed by atoms with Gasteiger partial charge in [0.15, 0.2) is 5.78 Å². The number of ether oxygens (including phenoxy) is 3. The molecule has 3 atom stereocenters. The highest BCUT2D eigenvalue weighted by Gasteiger charge is 2.46. The molecule has 0 aromatic heterocycles. The molecule has 0 N–H and O–H groups in total. The SMILES string of the molecule is O=C1CCCO[C@@]12C=C[C@H]1OCCC[C@@H]1O2. The molecule has 3 rings (SSSR count). The van der Waals surface area contributed by atoms with Crippen LogP contribution in [0.4, 0.5) is 0 Å². The van der Waals surface area contributed by atoms with Crippen molar-refractivity contribution in [3.63, 3.8) is 0 Å². The zero-order valence-corrected chi connectivity index (χ0v) is 9.19. The lowest BCUT2D eigenvalue weighted by atomic mass is 9.95. The van der Waals surface area contributed by atoms with Crippen LogP contribution in [0.3, 0.4) is 0 Å². The Labute approximate surface area is 94.5 Å². The van der Waals surface area contributed by atoms with Crippen molar-refractivity contribution in [2.75, 3.05) is 13.2 Å². The van der Waals surface area contributed by atoms with Crippen LogP contribution in [0.1, 0.15) is 25.7 Å². The summed E-state index contributed by atoms with van der Waals surface area (Å²) >= 11 is 0. The standard InChI is InChI=1S/C12H16O4/c13-11-4-2-8-15-12(11)6-5-9-10(16-12)3-1-7-14-9/h5-6,9-10H,1-4,7-8H2/t9-,10+,12-/m1/s1. The van der Waals surface area contributed by atoms with Crippen LogP contribution < -0.4 is 0 Å². The minimum atomic E-state index is -1.10. The molecule has 88 valence electrons. The van der Waals surface area contributed by atoms with Gasteiger partial charge in [-0.3, -0.25) is 4.79 Å². The van der Waals surface area contributed by atoms with E-state index in [0.29, 0.717) is 13.0 Å². The Morgan fingerprint density at radius 2 is 2.25 bits per heavy atom. The Balaban J connectivity index is 1.84. The van der Waals surface area contributed by atoms with Gasteiger partial charge in [-0.05, 0) is 25.3 Å². The first-order chi connectivity index (χ1) is 7.80. The zero-order chi connectivity index (χ0) is 11.0. The molecule has 1 spiro atoms. The quantitative estimate of drug-likeness (QED) is 0.580. The molecule has 0 aromatic carbocycles. The predicted octanol–water partition coefficient (Wildman–Crippen LogP) is 1.20. The van der Waals surface area contributed by atoms with E-state index < -0.39 is 5.79 Å². The fraction of sp³-hybridized carbons (Fsp3) is 0.750. The minimum absolute atomic E-state index is 0.00213. The van der Waals surface area contributed by atoms with Gasteiger partial charge in [0.2, 0.25) is 5.79 Å². The van der Waals surface area contributed by atoms with Crippen LogP contribution in [0.15, 0.2) is 12.2 Å². The molecule has 0 bridgehead atoms. The summed E-state index contributed by atoms with van der Waals surface area (Å²) in [6, 6.07) is 0. The highest BCUT2D eigenvalue weighted by molar-refractivity contribution is 5.88. The van der Waals surface area contributed by atoms with E-state index in [4.69, 9.17) is 14.2 Å². The Hall–Kier alpha value is -0.710. The van der Waals surface area contributed by atoms with Gasteiger partial charge in [-0.2, -0.15) is 0 Å². The molecular weight excluding hydrogens is 208 g/mol. The molecule has 0 aliphatic carbocycles. The number of carbonyl (C=O) groups excluding carboxylic acids is 1. The maximum Gasteiger partial charge on any atom is 0.249 e. The topological polar surface area (TPSA) is 44.8 Å². The summed E-state index contributed by atoms with van der Waals surface area (Å²) in [5.41, 5.74) is 0. The molecule has 16 heavy (non-hydrogen) atoms. The zero-order valence-electron chi connectivity index (χ0n) is 9.19. The molecule has 3 heterocycles. The third-order valence-corrected chi connectivity index (χ3v) is 3.39. The van der Waals surface area contributed by atoms with Crippen LogP contribution in [0.2, 0.25) is 0 Å². The van der Waals surface area contributed by atoms with Crippen LogP contribution in [-0.4, -0.2) is 37.0 Å². The smallest absolute Gasteiger partial charge is 0.249 e. The Kier molecular flexibility index (Phi) is 2.58. The van der Waals surface area contributed by atoms with Gasteiger partial charge in [-0.15, -0.1) is 0 Å². The van der Waals surface area contributed by atoms with Crippen molar-refractivity contribution in [2.45, 2.75) is 43.7 Å². The average molecular weight is 224 g/mol. The van der Waals surface area contributed by atoms with Gasteiger partial charge in [-0.1, -0.05) is 6.08 Å². The second-order valence-electron chi connectivity index (χ2n) is 4.54. The van der Waals surface area contributed by atoms with Crippen molar-refractivity contribution in [1.82, 2.24) is 0 Å². The van der Waals surface area contributed by atoms with E-state index in [-0.39, 0.29) is 18.0 Å². The first kappa shape index (κ1) is 10.4. The van der Waals surface area contributed by atoms with Gasteiger partial charge in [0, 0.05) is 13.0 Å². The highest BCUT2D eigenvalue weighted by Crippen LogP contribution is 2.34. The first-order valence-electron chi connectivity index (χ1n) is 5.96. The third kappa shape index (κ3) is 1.61. The van der Waals surface area contributed by atoms with Crippen molar-refractivity contribution in [2.24, 2.45) is 0 Å². The molecular formula is C12H16O4. The summed E-state index contributed by atoms with van der Waals surface area (Å²) in [4.78, 5) is 11.9. The van der Waals surface area contributed by atoms with E-state index in [0.717, 1.165) is 25.9 Å². The van der Waals surface area contributed by atoms with E-state index in [2.05, 4.69) is 0 Å². The number of ketones is 1. The predicted molar refractivity (Wildman–Crippen MR) is 55.9 cm³/mol. The monoisotopic (exact) mass is 224 g/mol. The second-order valence-corrected chi connectivity index (χ2v) is 4.54. The van der Waals surface area contributed by atoms with E-state index >= 15 is 0 Å². The second kappa shape index (κ2) is 3.95. The van der Waals surface area contributed by atoms with Gasteiger partial charge in [0.1, 0.15) is 6.10 Å². The molecule has 0 amide bonds. The van der Waals surface area contributed by atoms with E-state index in [9.17, 15) is 4.79 Å². The van der Waals surface area contributed by atoms with Crippen molar-refractivity contribution in [1.29, 1.82) is 0 Å². The number of Topliss-reactive ketones (excluding diaryl/α,β-unsaturated/α-hetero) is 1. The molecule has 3 aliphatic rings. The molecule has 2 saturated heterocycles. The lowest BCUT2D eigenvalue weighted by Gasteiger charge is -2.42. The number of rotatable bonds is 0. The summed E-state index contributed by atoms with van der Waals surface area (Å²) in [5.74, 6) is -1.06. The summed E-state index contributed by atoms with van der Waals surface area (Å²) < 4.78 is 17.0. The van der Waals surface area contributed by atoms with Crippen LogP contribution >= 0.6 is 0 Å². The van der Waals surface area contributed by atoms with Crippen molar-refractivity contribution in [3.05, 3.63) is 12.2 Å². The van der Waals surface area contributed by atoms with Crippen LogP contribution in [0.5, 0.6) is 0 Å².